The van der Waals surface area contributed by atoms with Gasteiger partial charge in [-0.2, -0.15) is 0 Å². The van der Waals surface area contributed by atoms with E-state index in [0.29, 0.717) is 13.0 Å². The average molecular weight is 339 g/mol. The molecule has 1 amide bonds. The van der Waals surface area contributed by atoms with Gasteiger partial charge in [-0.3, -0.25) is 4.79 Å². The predicted octanol–water partition coefficient (Wildman–Crippen LogP) is 4.00. The van der Waals surface area contributed by atoms with E-state index < -0.39 is 0 Å². The van der Waals surface area contributed by atoms with E-state index in [4.69, 9.17) is 9.47 Å². The molecular weight excluding hydrogens is 314 g/mol. The first-order chi connectivity index (χ1) is 12.2. The number of carbonyl (C=O) groups is 1. The quantitative estimate of drug-likeness (QED) is 0.747. The molecule has 1 aliphatic rings. The molecule has 0 spiro atoms. The molecule has 0 N–H and O–H groups in total. The van der Waals surface area contributed by atoms with Crippen LogP contribution >= 0.6 is 0 Å². The van der Waals surface area contributed by atoms with Gasteiger partial charge < -0.3 is 14.4 Å². The summed E-state index contributed by atoms with van der Waals surface area (Å²) >= 11 is 0. The van der Waals surface area contributed by atoms with E-state index in [2.05, 4.69) is 19.1 Å². The Labute approximate surface area is 149 Å². The van der Waals surface area contributed by atoms with Gasteiger partial charge in [0.15, 0.2) is 0 Å². The molecule has 4 nitrogen and oxygen atoms in total. The molecule has 132 valence electrons. The summed E-state index contributed by atoms with van der Waals surface area (Å²) in [4.78, 5) is 14.6. The van der Waals surface area contributed by atoms with E-state index >= 15 is 0 Å². The van der Waals surface area contributed by atoms with Crippen LogP contribution in [0.4, 0.5) is 0 Å². The SMILES string of the molecule is COc1ccc2c(c1)CCN(C(=O)CCCOc1ccccc1)C2C. The van der Waals surface area contributed by atoms with Gasteiger partial charge in [0.1, 0.15) is 11.5 Å². The highest BCUT2D eigenvalue weighted by Crippen LogP contribution is 2.32. The van der Waals surface area contributed by atoms with Crippen LogP contribution in [0.15, 0.2) is 48.5 Å². The molecule has 3 rings (SSSR count). The van der Waals surface area contributed by atoms with Crippen LogP contribution in [-0.4, -0.2) is 31.1 Å². The van der Waals surface area contributed by atoms with Crippen LogP contribution in [0, 0.1) is 0 Å². The Hall–Kier alpha value is -2.49. The summed E-state index contributed by atoms with van der Waals surface area (Å²) < 4.78 is 11.0. The van der Waals surface area contributed by atoms with Crippen LogP contribution in [-0.2, 0) is 11.2 Å². The zero-order valence-corrected chi connectivity index (χ0v) is 14.9. The number of carbonyl (C=O) groups excluding carboxylic acids is 1. The zero-order chi connectivity index (χ0) is 17.6. The summed E-state index contributed by atoms with van der Waals surface area (Å²) in [6, 6.07) is 16.0. The largest absolute Gasteiger partial charge is 0.497 e. The lowest BCUT2D eigenvalue weighted by Crippen LogP contribution is -2.38. The number of hydrogen-bond acceptors (Lipinski definition) is 3. The van der Waals surface area contributed by atoms with Crippen molar-refractivity contribution >= 4 is 5.91 Å². The molecule has 1 unspecified atom stereocenters. The predicted molar refractivity (Wildman–Crippen MR) is 98.0 cm³/mol. The molecule has 0 fully saturated rings. The minimum absolute atomic E-state index is 0.109. The van der Waals surface area contributed by atoms with Gasteiger partial charge in [0.2, 0.25) is 5.91 Å². The number of rotatable bonds is 6. The number of para-hydroxylation sites is 1. The van der Waals surface area contributed by atoms with Crippen LogP contribution in [0.5, 0.6) is 11.5 Å². The van der Waals surface area contributed by atoms with Crippen LogP contribution in [0.1, 0.15) is 36.9 Å². The normalized spacial score (nSPS) is 16.2. The van der Waals surface area contributed by atoms with E-state index in [-0.39, 0.29) is 11.9 Å². The molecular formula is C21H25NO3. The topological polar surface area (TPSA) is 38.8 Å². The zero-order valence-electron chi connectivity index (χ0n) is 14.9. The van der Waals surface area contributed by atoms with Crippen LogP contribution in [0.3, 0.4) is 0 Å². The molecule has 1 aliphatic heterocycles. The van der Waals surface area contributed by atoms with Gasteiger partial charge in [0, 0.05) is 13.0 Å². The highest BCUT2D eigenvalue weighted by atomic mass is 16.5. The molecule has 0 saturated heterocycles. The molecule has 25 heavy (non-hydrogen) atoms. The second-order valence-electron chi connectivity index (χ2n) is 6.34. The molecule has 0 radical (unpaired) electrons. The smallest absolute Gasteiger partial charge is 0.223 e. The van der Waals surface area contributed by atoms with E-state index in [9.17, 15) is 4.79 Å². The van der Waals surface area contributed by atoms with Crippen molar-refractivity contribution in [3.05, 3.63) is 59.7 Å². The highest BCUT2D eigenvalue weighted by molar-refractivity contribution is 5.77. The number of nitrogens with zero attached hydrogens (tertiary/aromatic N) is 1. The lowest BCUT2D eigenvalue weighted by Gasteiger charge is -2.35. The van der Waals surface area contributed by atoms with Gasteiger partial charge in [-0.05, 0) is 55.2 Å². The second-order valence-corrected chi connectivity index (χ2v) is 6.34. The van der Waals surface area contributed by atoms with E-state index in [0.717, 1.165) is 30.9 Å². The van der Waals surface area contributed by atoms with Gasteiger partial charge in [-0.15, -0.1) is 0 Å². The van der Waals surface area contributed by atoms with Gasteiger partial charge in [-0.25, -0.2) is 0 Å². The lowest BCUT2D eigenvalue weighted by molar-refractivity contribution is -0.134. The molecule has 4 heteroatoms. The number of ether oxygens (including phenoxy) is 2. The fourth-order valence-electron chi connectivity index (χ4n) is 3.35. The third kappa shape index (κ3) is 4.13. The molecule has 0 aromatic heterocycles. The fourth-order valence-corrected chi connectivity index (χ4v) is 3.35. The van der Waals surface area contributed by atoms with Crippen LogP contribution in [0.2, 0.25) is 0 Å². The third-order valence-electron chi connectivity index (χ3n) is 4.76. The molecule has 2 aromatic carbocycles. The Kier molecular flexibility index (Phi) is 5.59. The van der Waals surface area contributed by atoms with Gasteiger partial charge in [0.05, 0.1) is 19.8 Å². The first-order valence-electron chi connectivity index (χ1n) is 8.83. The molecule has 0 saturated carbocycles. The van der Waals surface area contributed by atoms with E-state index in [1.165, 1.54) is 11.1 Å². The minimum atomic E-state index is 0.109. The van der Waals surface area contributed by atoms with Crippen molar-refractivity contribution < 1.29 is 14.3 Å². The monoisotopic (exact) mass is 339 g/mol. The maximum absolute atomic E-state index is 12.6. The maximum atomic E-state index is 12.6. The Morgan fingerprint density at radius 2 is 1.96 bits per heavy atom. The summed E-state index contributed by atoms with van der Waals surface area (Å²) in [5.41, 5.74) is 2.50. The van der Waals surface area contributed by atoms with E-state index in [1.54, 1.807) is 7.11 Å². The molecule has 0 aliphatic carbocycles. The Morgan fingerprint density at radius 1 is 1.16 bits per heavy atom. The van der Waals surface area contributed by atoms with Crippen molar-refractivity contribution in [2.75, 3.05) is 20.3 Å². The molecule has 2 aromatic rings. The fraction of sp³-hybridized carbons (Fsp3) is 0.381. The van der Waals surface area contributed by atoms with Crippen molar-refractivity contribution in [3.63, 3.8) is 0 Å². The van der Waals surface area contributed by atoms with Gasteiger partial charge in [0.25, 0.3) is 0 Å². The van der Waals surface area contributed by atoms with Crippen molar-refractivity contribution in [3.8, 4) is 11.5 Å². The van der Waals surface area contributed by atoms with Crippen molar-refractivity contribution in [1.82, 2.24) is 4.90 Å². The Morgan fingerprint density at radius 3 is 2.72 bits per heavy atom. The van der Waals surface area contributed by atoms with Crippen LogP contribution in [0.25, 0.3) is 0 Å². The number of benzene rings is 2. The van der Waals surface area contributed by atoms with Crippen molar-refractivity contribution in [2.24, 2.45) is 0 Å². The summed E-state index contributed by atoms with van der Waals surface area (Å²) in [6.07, 6.45) is 2.12. The third-order valence-corrected chi connectivity index (χ3v) is 4.76. The molecule has 0 bridgehead atoms. The standard InChI is InChI=1S/C21H25NO3/c1-16-20-11-10-19(24-2)15-17(20)12-13-22(16)21(23)9-6-14-25-18-7-4-3-5-8-18/h3-5,7-8,10-11,15-16H,6,9,12-14H2,1-2H3. The van der Waals surface area contributed by atoms with Gasteiger partial charge >= 0.3 is 0 Å². The first kappa shape index (κ1) is 17.3. The summed E-state index contributed by atoms with van der Waals surface area (Å²) in [7, 11) is 1.68. The van der Waals surface area contributed by atoms with Gasteiger partial charge in [-0.1, -0.05) is 24.3 Å². The lowest BCUT2D eigenvalue weighted by atomic mass is 9.93. The average Bonchev–Trinajstić information content (AvgIpc) is 2.66. The number of hydrogen-bond donors (Lipinski definition) is 0. The number of methoxy groups -OCH3 is 1. The number of amides is 1. The molecule has 1 heterocycles. The molecule has 1 atom stereocenters. The summed E-state index contributed by atoms with van der Waals surface area (Å²) in [5.74, 6) is 1.93. The summed E-state index contributed by atoms with van der Waals surface area (Å²) in [5, 5.41) is 0. The maximum Gasteiger partial charge on any atom is 0.223 e. The second kappa shape index (κ2) is 8.06. The highest BCUT2D eigenvalue weighted by Gasteiger charge is 2.27. The van der Waals surface area contributed by atoms with E-state index in [1.807, 2.05) is 41.3 Å². The Balaban J connectivity index is 1.52. The van der Waals surface area contributed by atoms with Crippen molar-refractivity contribution in [2.45, 2.75) is 32.2 Å². The summed E-state index contributed by atoms with van der Waals surface area (Å²) in [6.45, 7) is 3.42. The Bertz CT molecular complexity index is 714. The first-order valence-corrected chi connectivity index (χ1v) is 8.83. The van der Waals surface area contributed by atoms with Crippen LogP contribution < -0.4 is 9.47 Å². The minimum Gasteiger partial charge on any atom is -0.497 e. The number of fused-ring (bicyclic) bond motifs is 1. The van der Waals surface area contributed by atoms with Crippen molar-refractivity contribution in [1.29, 1.82) is 0 Å².